The molecule has 0 saturated carbocycles. The maximum absolute atomic E-state index is 11.6. The minimum Gasteiger partial charge on any atom is -0.464 e. The largest absolute Gasteiger partial charge is 0.464 e. The predicted molar refractivity (Wildman–Crippen MR) is 69.1 cm³/mol. The van der Waals surface area contributed by atoms with E-state index in [2.05, 4.69) is 6.58 Å². The lowest BCUT2D eigenvalue weighted by Crippen LogP contribution is -2.23. The van der Waals surface area contributed by atoms with E-state index in [9.17, 15) is 9.59 Å². The molecule has 104 valence electrons. The van der Waals surface area contributed by atoms with Gasteiger partial charge in [-0.3, -0.25) is 4.79 Å². The van der Waals surface area contributed by atoms with Crippen molar-refractivity contribution < 1.29 is 19.1 Å². The first-order chi connectivity index (χ1) is 8.38. The highest BCUT2D eigenvalue weighted by molar-refractivity contribution is 5.88. The Labute approximate surface area is 109 Å². The Morgan fingerprint density at radius 1 is 1.28 bits per heavy atom. The van der Waals surface area contributed by atoms with Gasteiger partial charge in [-0.15, -0.1) is 0 Å². The van der Waals surface area contributed by atoms with Crippen molar-refractivity contribution in [3.05, 3.63) is 12.2 Å². The quantitative estimate of drug-likeness (QED) is 0.483. The number of carbonyl (C=O) groups excluding carboxylic acids is 2. The van der Waals surface area contributed by atoms with Gasteiger partial charge in [0, 0.05) is 12.1 Å². The van der Waals surface area contributed by atoms with Crippen LogP contribution >= 0.6 is 0 Å². The van der Waals surface area contributed by atoms with Crippen LogP contribution in [0.4, 0.5) is 0 Å². The van der Waals surface area contributed by atoms with Crippen molar-refractivity contribution in [2.45, 2.75) is 20.3 Å². The topological polar surface area (TPSA) is 55.8 Å². The van der Waals surface area contributed by atoms with E-state index in [1.165, 1.54) is 0 Å². The Morgan fingerprint density at radius 2 is 1.89 bits per heavy atom. The van der Waals surface area contributed by atoms with Crippen molar-refractivity contribution in [3.8, 4) is 0 Å². The third-order valence-corrected chi connectivity index (χ3v) is 2.30. The van der Waals surface area contributed by atoms with Gasteiger partial charge in [0.15, 0.2) is 0 Å². The summed E-state index contributed by atoms with van der Waals surface area (Å²) in [5.41, 5.74) is 0.300. The maximum Gasteiger partial charge on any atom is 0.333 e. The highest BCUT2D eigenvalue weighted by Crippen LogP contribution is 2.12. The number of esters is 2. The van der Waals surface area contributed by atoms with Crippen LogP contribution in [0.1, 0.15) is 20.3 Å². The summed E-state index contributed by atoms with van der Waals surface area (Å²) < 4.78 is 9.88. The molecule has 0 radical (unpaired) electrons. The molecule has 0 aromatic rings. The Hall–Kier alpha value is -1.36. The Morgan fingerprint density at radius 3 is 2.39 bits per heavy atom. The van der Waals surface area contributed by atoms with Crippen LogP contribution in [0.15, 0.2) is 12.2 Å². The number of hydrogen-bond acceptors (Lipinski definition) is 5. The van der Waals surface area contributed by atoms with Crippen LogP contribution in [0.3, 0.4) is 0 Å². The molecule has 0 heterocycles. The molecule has 0 bridgehead atoms. The number of nitrogens with zero attached hydrogens (tertiary/aromatic N) is 1. The van der Waals surface area contributed by atoms with E-state index in [-0.39, 0.29) is 18.3 Å². The number of ether oxygens (including phenoxy) is 2. The van der Waals surface area contributed by atoms with Crippen molar-refractivity contribution >= 4 is 11.9 Å². The molecule has 0 spiro atoms. The minimum absolute atomic E-state index is 0.264. The van der Waals surface area contributed by atoms with Crippen molar-refractivity contribution in [1.29, 1.82) is 0 Å². The van der Waals surface area contributed by atoms with Gasteiger partial charge in [-0.25, -0.2) is 4.79 Å². The molecule has 1 atom stereocenters. The van der Waals surface area contributed by atoms with Gasteiger partial charge in [-0.2, -0.15) is 0 Å². The molecule has 0 amide bonds. The lowest BCUT2D eigenvalue weighted by molar-refractivity contribution is -0.148. The highest BCUT2D eigenvalue weighted by atomic mass is 16.5. The molecule has 5 nitrogen and oxygen atoms in total. The Balaban J connectivity index is 4.00. The fourth-order valence-corrected chi connectivity index (χ4v) is 1.24. The molecular formula is C13H23NO4. The molecule has 18 heavy (non-hydrogen) atoms. The lowest BCUT2D eigenvalue weighted by atomic mass is 10.0. The van der Waals surface area contributed by atoms with Crippen LogP contribution in [-0.2, 0) is 19.1 Å². The van der Waals surface area contributed by atoms with E-state index < -0.39 is 5.97 Å². The first-order valence-corrected chi connectivity index (χ1v) is 6.04. The summed E-state index contributed by atoms with van der Waals surface area (Å²) in [5, 5.41) is 0. The first kappa shape index (κ1) is 16.6. The molecule has 0 aliphatic rings. The minimum atomic E-state index is -0.453. The van der Waals surface area contributed by atoms with E-state index in [0.717, 1.165) is 0 Å². The van der Waals surface area contributed by atoms with E-state index in [4.69, 9.17) is 9.47 Å². The zero-order chi connectivity index (χ0) is 14.1. The lowest BCUT2D eigenvalue weighted by Gasteiger charge is -2.14. The van der Waals surface area contributed by atoms with E-state index in [1.807, 2.05) is 19.0 Å². The number of rotatable bonds is 8. The van der Waals surface area contributed by atoms with Gasteiger partial charge in [-0.1, -0.05) is 13.5 Å². The van der Waals surface area contributed by atoms with Gasteiger partial charge in [0.05, 0.1) is 12.5 Å². The number of likely N-dealkylation sites (N-methyl/N-ethyl adjacent to an activating group) is 1. The molecule has 0 aromatic carbocycles. The van der Waals surface area contributed by atoms with Gasteiger partial charge in [0.1, 0.15) is 6.61 Å². The summed E-state index contributed by atoms with van der Waals surface area (Å²) in [5.74, 6) is -1.16. The third-order valence-electron chi connectivity index (χ3n) is 2.30. The molecule has 0 rings (SSSR count). The van der Waals surface area contributed by atoms with Crippen molar-refractivity contribution in [2.24, 2.45) is 5.92 Å². The average Bonchev–Trinajstić information content (AvgIpc) is 2.28. The predicted octanol–water partition coefficient (Wildman–Crippen LogP) is 1.24. The SMILES string of the molecule is C=C(CC(C)C(=O)OCCN(C)C)C(=O)OCC. The first-order valence-electron chi connectivity index (χ1n) is 6.04. The smallest absolute Gasteiger partial charge is 0.333 e. The fourth-order valence-electron chi connectivity index (χ4n) is 1.24. The summed E-state index contributed by atoms with van der Waals surface area (Å²) in [7, 11) is 3.81. The van der Waals surface area contributed by atoms with E-state index in [1.54, 1.807) is 13.8 Å². The van der Waals surface area contributed by atoms with Crippen LogP contribution < -0.4 is 0 Å². The van der Waals surface area contributed by atoms with Gasteiger partial charge >= 0.3 is 11.9 Å². The molecule has 0 fully saturated rings. The molecule has 0 N–H and O–H groups in total. The van der Waals surface area contributed by atoms with Crippen molar-refractivity contribution in [1.82, 2.24) is 4.90 Å². The van der Waals surface area contributed by atoms with Crippen LogP contribution in [-0.4, -0.2) is 50.7 Å². The second kappa shape index (κ2) is 8.69. The number of hydrogen-bond donors (Lipinski definition) is 0. The number of carbonyl (C=O) groups is 2. The highest BCUT2D eigenvalue weighted by Gasteiger charge is 2.19. The summed E-state index contributed by atoms with van der Waals surface area (Å²) in [6, 6.07) is 0. The van der Waals surface area contributed by atoms with Gasteiger partial charge in [-0.05, 0) is 27.4 Å². The Bertz CT molecular complexity index is 299. The third kappa shape index (κ3) is 7.06. The average molecular weight is 257 g/mol. The van der Waals surface area contributed by atoms with Crippen LogP contribution in [0, 0.1) is 5.92 Å². The summed E-state index contributed by atoms with van der Waals surface area (Å²) in [4.78, 5) is 24.9. The van der Waals surface area contributed by atoms with Gasteiger partial charge < -0.3 is 14.4 Å². The van der Waals surface area contributed by atoms with E-state index >= 15 is 0 Å². The molecule has 1 unspecified atom stereocenters. The molecule has 0 aromatic heterocycles. The molecule has 5 heteroatoms. The fraction of sp³-hybridized carbons (Fsp3) is 0.692. The monoisotopic (exact) mass is 257 g/mol. The Kier molecular flexibility index (Phi) is 8.03. The summed E-state index contributed by atoms with van der Waals surface area (Å²) in [6.07, 6.45) is 0.264. The van der Waals surface area contributed by atoms with Crippen LogP contribution in [0.5, 0.6) is 0 Å². The zero-order valence-electron chi connectivity index (χ0n) is 11.7. The van der Waals surface area contributed by atoms with Crippen LogP contribution in [0.25, 0.3) is 0 Å². The summed E-state index contributed by atoms with van der Waals surface area (Å²) >= 11 is 0. The van der Waals surface area contributed by atoms with Crippen molar-refractivity contribution in [2.75, 3.05) is 33.9 Å². The van der Waals surface area contributed by atoms with Gasteiger partial charge in [0.25, 0.3) is 0 Å². The molecule has 0 aliphatic heterocycles. The van der Waals surface area contributed by atoms with Crippen LogP contribution in [0.2, 0.25) is 0 Å². The van der Waals surface area contributed by atoms with Crippen molar-refractivity contribution in [3.63, 3.8) is 0 Å². The second-order valence-electron chi connectivity index (χ2n) is 4.40. The van der Waals surface area contributed by atoms with E-state index in [0.29, 0.717) is 25.3 Å². The normalized spacial score (nSPS) is 12.1. The van der Waals surface area contributed by atoms with Gasteiger partial charge in [0.2, 0.25) is 0 Å². The summed E-state index contributed by atoms with van der Waals surface area (Å²) in [6.45, 7) is 8.38. The second-order valence-corrected chi connectivity index (χ2v) is 4.40. The standard InChI is InChI=1S/C13H23NO4/c1-6-17-12(15)10(2)9-11(3)13(16)18-8-7-14(4)5/h11H,2,6-9H2,1,3-5H3. The molecule has 0 saturated heterocycles. The molecular weight excluding hydrogens is 234 g/mol. The zero-order valence-corrected chi connectivity index (χ0v) is 11.7. The molecule has 0 aliphatic carbocycles. The maximum atomic E-state index is 11.6.